The van der Waals surface area contributed by atoms with Gasteiger partial charge >= 0.3 is 0 Å². The van der Waals surface area contributed by atoms with Gasteiger partial charge in [-0.05, 0) is 42.2 Å². The molecular weight excluding hydrogens is 402 g/mol. The Morgan fingerprint density at radius 1 is 1.25 bits per heavy atom. The minimum absolute atomic E-state index is 0.000220. The van der Waals surface area contributed by atoms with E-state index in [4.69, 9.17) is 4.74 Å². The SMILES string of the molecule is CNC1=C(C(=O)N(C)CCCOC=O)C(CCC(C)C)=C(c2ccccc2C(C)C)NC1. The summed E-state index contributed by atoms with van der Waals surface area (Å²) in [4.78, 5) is 25.8. The third-order valence-corrected chi connectivity index (χ3v) is 5.86. The number of benzene rings is 1. The van der Waals surface area contributed by atoms with E-state index < -0.39 is 0 Å². The largest absolute Gasteiger partial charge is 0.468 e. The molecule has 0 aromatic heterocycles. The van der Waals surface area contributed by atoms with Gasteiger partial charge < -0.3 is 20.3 Å². The summed E-state index contributed by atoms with van der Waals surface area (Å²) >= 11 is 0. The molecule has 0 saturated carbocycles. The van der Waals surface area contributed by atoms with Crippen LogP contribution in [-0.2, 0) is 14.3 Å². The van der Waals surface area contributed by atoms with E-state index in [1.54, 1.807) is 4.90 Å². The summed E-state index contributed by atoms with van der Waals surface area (Å²) in [6.45, 7) is 10.7. The zero-order valence-corrected chi connectivity index (χ0v) is 20.5. The summed E-state index contributed by atoms with van der Waals surface area (Å²) < 4.78 is 4.79. The Bertz CT molecular complexity index is 856. The zero-order chi connectivity index (χ0) is 23.7. The molecule has 0 bridgehead atoms. The number of dihydropyridines is 1. The van der Waals surface area contributed by atoms with Gasteiger partial charge in [-0.1, -0.05) is 52.0 Å². The third-order valence-electron chi connectivity index (χ3n) is 5.86. The lowest BCUT2D eigenvalue weighted by Crippen LogP contribution is -2.38. The summed E-state index contributed by atoms with van der Waals surface area (Å²) in [5, 5.41) is 6.88. The van der Waals surface area contributed by atoms with Crippen LogP contribution in [-0.4, -0.2) is 51.1 Å². The molecule has 1 heterocycles. The van der Waals surface area contributed by atoms with Crippen LogP contribution in [0.5, 0.6) is 0 Å². The number of hydrogen-bond donors (Lipinski definition) is 2. The highest BCUT2D eigenvalue weighted by atomic mass is 16.5. The Balaban J connectivity index is 2.53. The van der Waals surface area contributed by atoms with E-state index in [-0.39, 0.29) is 5.91 Å². The molecule has 6 heteroatoms. The van der Waals surface area contributed by atoms with Gasteiger partial charge in [0.25, 0.3) is 12.4 Å². The van der Waals surface area contributed by atoms with E-state index >= 15 is 0 Å². The molecule has 32 heavy (non-hydrogen) atoms. The molecule has 0 unspecified atom stereocenters. The molecule has 6 nitrogen and oxygen atoms in total. The molecule has 0 aliphatic carbocycles. The summed E-state index contributed by atoms with van der Waals surface area (Å²) in [5.74, 6) is 0.903. The van der Waals surface area contributed by atoms with Crippen molar-refractivity contribution in [2.75, 3.05) is 33.8 Å². The second kappa shape index (κ2) is 12.3. The number of amides is 1. The average Bonchev–Trinajstić information content (AvgIpc) is 2.79. The highest BCUT2D eigenvalue weighted by molar-refractivity contribution is 6.02. The summed E-state index contributed by atoms with van der Waals surface area (Å²) in [7, 11) is 3.68. The molecule has 0 fully saturated rings. The first-order chi connectivity index (χ1) is 15.3. The van der Waals surface area contributed by atoms with Gasteiger partial charge in [0.15, 0.2) is 0 Å². The van der Waals surface area contributed by atoms with Crippen molar-refractivity contribution in [1.82, 2.24) is 15.5 Å². The number of carbonyl (C=O) groups excluding carboxylic acids is 2. The fourth-order valence-electron chi connectivity index (χ4n) is 4.05. The smallest absolute Gasteiger partial charge is 0.293 e. The molecule has 1 aromatic carbocycles. The van der Waals surface area contributed by atoms with E-state index in [2.05, 4.69) is 62.6 Å². The molecule has 1 aliphatic heterocycles. The molecule has 1 aliphatic rings. The standard InChI is InChI=1S/C26H39N3O3/c1-18(2)12-13-22-24(26(31)29(6)14-9-15-32-17-30)23(27-5)16-28-25(22)21-11-8-7-10-20(21)19(3)4/h7-8,10-11,17-19,27-28H,9,12-16H2,1-6H3. The topological polar surface area (TPSA) is 70.7 Å². The summed E-state index contributed by atoms with van der Waals surface area (Å²) in [6, 6.07) is 8.47. The van der Waals surface area contributed by atoms with Gasteiger partial charge in [0.1, 0.15) is 0 Å². The predicted molar refractivity (Wildman–Crippen MR) is 130 cm³/mol. The van der Waals surface area contributed by atoms with Crippen LogP contribution >= 0.6 is 0 Å². The van der Waals surface area contributed by atoms with Crippen molar-refractivity contribution < 1.29 is 14.3 Å². The van der Waals surface area contributed by atoms with Crippen molar-refractivity contribution in [3.8, 4) is 0 Å². The van der Waals surface area contributed by atoms with Gasteiger partial charge in [-0.15, -0.1) is 0 Å². The first-order valence-corrected chi connectivity index (χ1v) is 11.6. The number of carbonyl (C=O) groups is 2. The number of ether oxygens (including phenoxy) is 1. The molecule has 0 radical (unpaired) electrons. The van der Waals surface area contributed by atoms with Crippen LogP contribution in [0.4, 0.5) is 0 Å². The molecule has 2 rings (SSSR count). The van der Waals surface area contributed by atoms with Gasteiger partial charge in [0.2, 0.25) is 0 Å². The van der Waals surface area contributed by atoms with Gasteiger partial charge in [-0.25, -0.2) is 0 Å². The normalized spacial score (nSPS) is 14.0. The molecule has 1 aromatic rings. The van der Waals surface area contributed by atoms with Crippen LogP contribution < -0.4 is 10.6 Å². The van der Waals surface area contributed by atoms with Crippen LogP contribution in [0.2, 0.25) is 0 Å². The van der Waals surface area contributed by atoms with Gasteiger partial charge in [-0.3, -0.25) is 9.59 Å². The van der Waals surface area contributed by atoms with Crippen LogP contribution in [0.3, 0.4) is 0 Å². The first kappa shape index (κ1) is 25.5. The maximum Gasteiger partial charge on any atom is 0.293 e. The fourth-order valence-corrected chi connectivity index (χ4v) is 4.05. The summed E-state index contributed by atoms with van der Waals surface area (Å²) in [6.07, 6.45) is 2.42. The van der Waals surface area contributed by atoms with Crippen molar-refractivity contribution >= 4 is 18.1 Å². The predicted octanol–water partition coefficient (Wildman–Crippen LogP) is 4.06. The van der Waals surface area contributed by atoms with Gasteiger partial charge in [0.05, 0.1) is 18.7 Å². The Kier molecular flexibility index (Phi) is 9.82. The second-order valence-electron chi connectivity index (χ2n) is 9.03. The highest BCUT2D eigenvalue weighted by Gasteiger charge is 2.29. The van der Waals surface area contributed by atoms with Crippen LogP contribution in [0.15, 0.2) is 41.1 Å². The van der Waals surface area contributed by atoms with Crippen LogP contribution in [0.25, 0.3) is 5.70 Å². The van der Waals surface area contributed by atoms with E-state index in [0.717, 1.165) is 35.4 Å². The molecule has 0 spiro atoms. The van der Waals surface area contributed by atoms with E-state index in [9.17, 15) is 9.59 Å². The number of hydrogen-bond acceptors (Lipinski definition) is 5. The number of nitrogens with one attached hydrogen (secondary N) is 2. The molecule has 0 atom stereocenters. The van der Waals surface area contributed by atoms with Crippen molar-refractivity contribution in [2.45, 2.75) is 52.9 Å². The Morgan fingerprint density at radius 2 is 1.97 bits per heavy atom. The zero-order valence-electron chi connectivity index (χ0n) is 20.5. The van der Waals surface area contributed by atoms with Gasteiger partial charge in [-0.2, -0.15) is 0 Å². The van der Waals surface area contributed by atoms with E-state index in [1.807, 2.05) is 14.1 Å². The Morgan fingerprint density at radius 3 is 2.59 bits per heavy atom. The molecule has 0 saturated heterocycles. The third kappa shape index (κ3) is 6.38. The molecule has 176 valence electrons. The minimum Gasteiger partial charge on any atom is -0.468 e. The highest BCUT2D eigenvalue weighted by Crippen LogP contribution is 2.35. The first-order valence-electron chi connectivity index (χ1n) is 11.6. The fraction of sp³-hybridized carbons (Fsp3) is 0.538. The summed E-state index contributed by atoms with van der Waals surface area (Å²) in [5.41, 5.74) is 6.26. The second-order valence-corrected chi connectivity index (χ2v) is 9.03. The lowest BCUT2D eigenvalue weighted by Gasteiger charge is -2.31. The van der Waals surface area contributed by atoms with Crippen molar-refractivity contribution in [2.24, 2.45) is 5.92 Å². The lowest BCUT2D eigenvalue weighted by molar-refractivity contribution is -0.129. The van der Waals surface area contributed by atoms with E-state index in [1.165, 1.54) is 11.1 Å². The maximum atomic E-state index is 13.6. The number of nitrogens with zero attached hydrogens (tertiary/aromatic N) is 1. The average molecular weight is 442 g/mol. The Labute approximate surface area is 193 Å². The monoisotopic (exact) mass is 441 g/mol. The molecular formula is C26H39N3O3. The Hall–Kier alpha value is -2.76. The van der Waals surface area contributed by atoms with E-state index in [0.29, 0.717) is 44.4 Å². The maximum absolute atomic E-state index is 13.6. The van der Waals surface area contributed by atoms with Gasteiger partial charge in [0, 0.05) is 37.6 Å². The lowest BCUT2D eigenvalue weighted by atomic mass is 9.85. The van der Waals surface area contributed by atoms with Crippen molar-refractivity contribution in [1.29, 1.82) is 0 Å². The van der Waals surface area contributed by atoms with Crippen molar-refractivity contribution in [3.63, 3.8) is 0 Å². The van der Waals surface area contributed by atoms with Crippen LogP contribution in [0, 0.1) is 5.92 Å². The molecule has 2 N–H and O–H groups in total. The number of rotatable bonds is 12. The quantitative estimate of drug-likeness (QED) is 0.378. The van der Waals surface area contributed by atoms with Crippen molar-refractivity contribution in [3.05, 3.63) is 52.2 Å². The van der Waals surface area contributed by atoms with Crippen LogP contribution in [0.1, 0.15) is 64.0 Å². The number of likely N-dealkylation sites (N-methyl/N-ethyl adjacent to an activating group) is 2. The molecule has 1 amide bonds. The minimum atomic E-state index is 0.000220.